The summed E-state index contributed by atoms with van der Waals surface area (Å²) in [4.78, 5) is 26.7. The minimum atomic E-state index is -0.349. The third-order valence-corrected chi connectivity index (χ3v) is 4.48. The average Bonchev–Trinajstić information content (AvgIpc) is 2.90. The molecular formula is C19H17NO4S. The highest BCUT2D eigenvalue weighted by molar-refractivity contribution is 8.19. The molecule has 0 radical (unpaired) electrons. The van der Waals surface area contributed by atoms with Crippen molar-refractivity contribution in [2.24, 2.45) is 0 Å². The number of anilines is 1. The fraction of sp³-hybridized carbons (Fsp3) is 0.158. The number of thioether (sulfide) groups is 1. The zero-order chi connectivity index (χ0) is 17.8. The van der Waals surface area contributed by atoms with E-state index in [0.29, 0.717) is 22.9 Å². The van der Waals surface area contributed by atoms with Gasteiger partial charge in [0.2, 0.25) is 0 Å². The van der Waals surface area contributed by atoms with Gasteiger partial charge in [0.05, 0.1) is 24.3 Å². The molecule has 0 aromatic heterocycles. The van der Waals surface area contributed by atoms with Gasteiger partial charge in [-0.1, -0.05) is 24.3 Å². The fourth-order valence-electron chi connectivity index (χ4n) is 2.45. The first-order valence-corrected chi connectivity index (χ1v) is 8.59. The molecule has 25 heavy (non-hydrogen) atoms. The third-order valence-electron chi connectivity index (χ3n) is 3.61. The molecule has 0 aliphatic carbocycles. The molecule has 1 saturated heterocycles. The van der Waals surface area contributed by atoms with Gasteiger partial charge in [-0.25, -0.2) is 4.90 Å². The number of benzene rings is 2. The molecule has 0 N–H and O–H groups in total. The SMILES string of the molecule is CCOc1ccccc1N1C(=O)S/C(=C\c2ccc(OC)cc2)C1=O. The highest BCUT2D eigenvalue weighted by atomic mass is 32.2. The molecule has 0 unspecified atom stereocenters. The smallest absolute Gasteiger partial charge is 0.298 e. The minimum absolute atomic E-state index is 0.336. The Morgan fingerprint density at radius 2 is 1.80 bits per heavy atom. The number of para-hydroxylation sites is 2. The lowest BCUT2D eigenvalue weighted by atomic mass is 10.2. The lowest BCUT2D eigenvalue weighted by Crippen LogP contribution is -2.28. The fourth-order valence-corrected chi connectivity index (χ4v) is 3.28. The van der Waals surface area contributed by atoms with Crippen LogP contribution in [0.25, 0.3) is 6.08 Å². The zero-order valence-corrected chi connectivity index (χ0v) is 14.7. The number of carbonyl (C=O) groups excluding carboxylic acids is 2. The van der Waals surface area contributed by atoms with Crippen molar-refractivity contribution in [3.63, 3.8) is 0 Å². The van der Waals surface area contributed by atoms with Gasteiger partial charge in [-0.15, -0.1) is 0 Å². The molecule has 1 fully saturated rings. The second kappa shape index (κ2) is 7.44. The van der Waals surface area contributed by atoms with Gasteiger partial charge in [-0.3, -0.25) is 9.59 Å². The van der Waals surface area contributed by atoms with Gasteiger partial charge in [-0.2, -0.15) is 0 Å². The molecule has 0 spiro atoms. The van der Waals surface area contributed by atoms with Gasteiger partial charge in [-0.05, 0) is 54.6 Å². The van der Waals surface area contributed by atoms with E-state index in [0.717, 1.165) is 28.0 Å². The molecule has 2 aromatic rings. The molecule has 1 aliphatic rings. The lowest BCUT2D eigenvalue weighted by molar-refractivity contribution is -0.113. The van der Waals surface area contributed by atoms with E-state index >= 15 is 0 Å². The third kappa shape index (κ3) is 3.53. The molecule has 6 heteroatoms. The van der Waals surface area contributed by atoms with Crippen LogP contribution in [0.15, 0.2) is 53.4 Å². The van der Waals surface area contributed by atoms with Crippen LogP contribution in [0.4, 0.5) is 10.5 Å². The monoisotopic (exact) mass is 355 g/mol. The molecule has 0 atom stereocenters. The Kier molecular flexibility index (Phi) is 5.09. The van der Waals surface area contributed by atoms with Crippen molar-refractivity contribution in [3.8, 4) is 11.5 Å². The quantitative estimate of drug-likeness (QED) is 0.747. The minimum Gasteiger partial charge on any atom is -0.497 e. The summed E-state index contributed by atoms with van der Waals surface area (Å²) in [5, 5.41) is -0.336. The summed E-state index contributed by atoms with van der Waals surface area (Å²) in [7, 11) is 1.59. The summed E-state index contributed by atoms with van der Waals surface area (Å²) in [6.45, 7) is 2.31. The first-order valence-electron chi connectivity index (χ1n) is 7.78. The predicted molar refractivity (Wildman–Crippen MR) is 99.1 cm³/mol. The molecular weight excluding hydrogens is 338 g/mol. The van der Waals surface area contributed by atoms with Crippen LogP contribution >= 0.6 is 11.8 Å². The van der Waals surface area contributed by atoms with Crippen LogP contribution in [-0.4, -0.2) is 24.9 Å². The number of hydrogen-bond donors (Lipinski definition) is 0. The number of amides is 2. The predicted octanol–water partition coefficient (Wildman–Crippen LogP) is 4.33. The zero-order valence-electron chi connectivity index (χ0n) is 13.9. The summed E-state index contributed by atoms with van der Waals surface area (Å²) in [6, 6.07) is 14.3. The summed E-state index contributed by atoms with van der Waals surface area (Å²) >= 11 is 0.920. The molecule has 3 rings (SSSR count). The second-order valence-electron chi connectivity index (χ2n) is 5.19. The van der Waals surface area contributed by atoms with Gasteiger partial charge in [0.25, 0.3) is 11.1 Å². The van der Waals surface area contributed by atoms with Crippen LogP contribution in [0.5, 0.6) is 11.5 Å². The van der Waals surface area contributed by atoms with E-state index in [-0.39, 0.29) is 11.1 Å². The van der Waals surface area contributed by atoms with Crippen molar-refractivity contribution in [2.45, 2.75) is 6.92 Å². The van der Waals surface area contributed by atoms with Crippen molar-refractivity contribution in [3.05, 3.63) is 59.0 Å². The van der Waals surface area contributed by atoms with Crippen molar-refractivity contribution in [2.75, 3.05) is 18.6 Å². The first-order chi connectivity index (χ1) is 12.1. The Balaban J connectivity index is 1.91. The second-order valence-corrected chi connectivity index (χ2v) is 6.18. The van der Waals surface area contributed by atoms with Crippen molar-refractivity contribution in [1.29, 1.82) is 0 Å². The number of ether oxygens (including phenoxy) is 2. The Morgan fingerprint density at radius 1 is 1.08 bits per heavy atom. The molecule has 128 valence electrons. The van der Waals surface area contributed by atoms with Crippen LogP contribution in [0.3, 0.4) is 0 Å². The van der Waals surface area contributed by atoms with Crippen LogP contribution in [0, 0.1) is 0 Å². The lowest BCUT2D eigenvalue weighted by Gasteiger charge is -2.16. The van der Waals surface area contributed by atoms with Gasteiger partial charge in [0, 0.05) is 0 Å². The number of hydrogen-bond acceptors (Lipinski definition) is 5. The number of carbonyl (C=O) groups is 2. The largest absolute Gasteiger partial charge is 0.497 e. The molecule has 2 amide bonds. The first kappa shape index (κ1) is 17.1. The standard InChI is InChI=1S/C19H17NO4S/c1-3-24-16-7-5-4-6-15(16)20-18(21)17(25-19(20)22)12-13-8-10-14(23-2)11-9-13/h4-12H,3H2,1-2H3/b17-12-. The van der Waals surface area contributed by atoms with E-state index < -0.39 is 0 Å². The Hall–Kier alpha value is -2.73. The maximum atomic E-state index is 12.7. The summed E-state index contributed by atoms with van der Waals surface area (Å²) in [5.41, 5.74) is 1.29. The van der Waals surface area contributed by atoms with Crippen LogP contribution in [0.1, 0.15) is 12.5 Å². The molecule has 0 bridgehead atoms. The molecule has 5 nitrogen and oxygen atoms in total. The number of methoxy groups -OCH3 is 1. The van der Waals surface area contributed by atoms with E-state index in [9.17, 15) is 9.59 Å². The number of imide groups is 1. The molecule has 0 saturated carbocycles. The molecule has 2 aromatic carbocycles. The normalized spacial score (nSPS) is 15.8. The maximum absolute atomic E-state index is 12.7. The van der Waals surface area contributed by atoms with Crippen LogP contribution in [0.2, 0.25) is 0 Å². The topological polar surface area (TPSA) is 55.8 Å². The molecule has 1 heterocycles. The van der Waals surface area contributed by atoms with Crippen molar-refractivity contribution >= 4 is 34.7 Å². The van der Waals surface area contributed by atoms with E-state index in [2.05, 4.69) is 0 Å². The number of rotatable bonds is 5. The Morgan fingerprint density at radius 3 is 2.48 bits per heavy atom. The summed E-state index contributed by atoms with van der Waals surface area (Å²) in [6.07, 6.45) is 1.70. The van der Waals surface area contributed by atoms with Gasteiger partial charge in [0.1, 0.15) is 11.5 Å². The highest BCUT2D eigenvalue weighted by Gasteiger charge is 2.37. The summed E-state index contributed by atoms with van der Waals surface area (Å²) in [5.74, 6) is 0.895. The summed E-state index contributed by atoms with van der Waals surface area (Å²) < 4.78 is 10.7. The van der Waals surface area contributed by atoms with Gasteiger partial charge in [0.15, 0.2) is 0 Å². The van der Waals surface area contributed by atoms with Crippen LogP contribution in [-0.2, 0) is 4.79 Å². The number of nitrogens with zero attached hydrogens (tertiary/aromatic N) is 1. The Labute approximate surface area is 150 Å². The van der Waals surface area contributed by atoms with Crippen LogP contribution < -0.4 is 14.4 Å². The van der Waals surface area contributed by atoms with Gasteiger partial charge >= 0.3 is 0 Å². The Bertz CT molecular complexity index is 830. The highest BCUT2D eigenvalue weighted by Crippen LogP contribution is 2.39. The van der Waals surface area contributed by atoms with E-state index in [1.807, 2.05) is 19.1 Å². The van der Waals surface area contributed by atoms with Gasteiger partial charge < -0.3 is 9.47 Å². The van der Waals surface area contributed by atoms with Crippen molar-refractivity contribution < 1.29 is 19.1 Å². The van der Waals surface area contributed by atoms with E-state index in [4.69, 9.17) is 9.47 Å². The average molecular weight is 355 g/mol. The van der Waals surface area contributed by atoms with E-state index in [1.54, 1.807) is 49.6 Å². The van der Waals surface area contributed by atoms with Crippen molar-refractivity contribution in [1.82, 2.24) is 0 Å². The molecule has 1 aliphatic heterocycles. The van der Waals surface area contributed by atoms with E-state index in [1.165, 1.54) is 0 Å². The maximum Gasteiger partial charge on any atom is 0.298 e.